The van der Waals surface area contributed by atoms with Crippen molar-refractivity contribution in [3.63, 3.8) is 0 Å². The molecule has 25 heavy (non-hydrogen) atoms. The monoisotopic (exact) mass is 382 g/mol. The Morgan fingerprint density at radius 2 is 1.40 bits per heavy atom. The molecule has 1 atom stereocenters. The van der Waals surface area contributed by atoms with Crippen molar-refractivity contribution in [3.05, 3.63) is 42.5 Å². The molecule has 1 rings (SSSR count). The lowest BCUT2D eigenvalue weighted by molar-refractivity contribution is -0.406. The highest BCUT2D eigenvalue weighted by Crippen LogP contribution is 2.56. The van der Waals surface area contributed by atoms with Gasteiger partial charge in [-0.25, -0.2) is 0 Å². The number of aliphatic hydroxyl groups is 1. The molecule has 0 aliphatic heterocycles. The van der Waals surface area contributed by atoms with E-state index in [1.54, 1.807) is 0 Å². The van der Waals surface area contributed by atoms with Gasteiger partial charge in [0.05, 0.1) is 0 Å². The van der Waals surface area contributed by atoms with E-state index in [0.717, 1.165) is 12.1 Å². The molecule has 0 bridgehead atoms. The Bertz CT molecular complexity index is 593. The number of benzene rings is 1. The number of halogens is 9. The SMILES string of the molecule is C=CCOc1ccc(C(O)C(F)(F)C(F)(F)C(F)(F)C(F)(F)F)cc1. The lowest BCUT2D eigenvalue weighted by Crippen LogP contribution is -2.62. The average Bonchev–Trinajstić information content (AvgIpc) is 2.51. The van der Waals surface area contributed by atoms with Crippen molar-refractivity contribution in [1.82, 2.24) is 0 Å². The van der Waals surface area contributed by atoms with Crippen molar-refractivity contribution in [2.24, 2.45) is 0 Å². The number of alkyl halides is 9. The van der Waals surface area contributed by atoms with E-state index in [0.29, 0.717) is 12.1 Å². The summed E-state index contributed by atoms with van der Waals surface area (Å²) in [5.74, 6) is -20.0. The van der Waals surface area contributed by atoms with Crippen LogP contribution in [0.1, 0.15) is 11.7 Å². The zero-order valence-corrected chi connectivity index (χ0v) is 12.1. The second-order valence-electron chi connectivity index (χ2n) is 4.84. The fraction of sp³-hybridized carbons (Fsp3) is 0.429. The van der Waals surface area contributed by atoms with Gasteiger partial charge < -0.3 is 9.84 Å². The minimum Gasteiger partial charge on any atom is -0.490 e. The summed E-state index contributed by atoms with van der Waals surface area (Å²) in [4.78, 5) is 0. The predicted molar refractivity (Wildman–Crippen MR) is 68.0 cm³/mol. The Morgan fingerprint density at radius 3 is 1.80 bits per heavy atom. The van der Waals surface area contributed by atoms with Crippen LogP contribution in [0, 0.1) is 0 Å². The van der Waals surface area contributed by atoms with E-state index in [1.165, 1.54) is 6.08 Å². The van der Waals surface area contributed by atoms with E-state index < -0.39 is 35.6 Å². The van der Waals surface area contributed by atoms with E-state index in [4.69, 9.17) is 4.74 Å². The van der Waals surface area contributed by atoms with Crippen LogP contribution in [0.3, 0.4) is 0 Å². The molecule has 0 fully saturated rings. The van der Waals surface area contributed by atoms with E-state index in [9.17, 15) is 44.6 Å². The second-order valence-corrected chi connectivity index (χ2v) is 4.84. The quantitative estimate of drug-likeness (QED) is 0.545. The molecule has 0 amide bonds. The van der Waals surface area contributed by atoms with Gasteiger partial charge in [0.2, 0.25) is 0 Å². The third-order valence-electron chi connectivity index (χ3n) is 3.08. The van der Waals surface area contributed by atoms with Crippen LogP contribution in [0.2, 0.25) is 0 Å². The van der Waals surface area contributed by atoms with Gasteiger partial charge in [0.15, 0.2) is 0 Å². The van der Waals surface area contributed by atoms with Crippen molar-refractivity contribution in [1.29, 1.82) is 0 Å². The summed E-state index contributed by atoms with van der Waals surface area (Å²) < 4.78 is 120. The number of aliphatic hydroxyl groups excluding tert-OH is 1. The summed E-state index contributed by atoms with van der Waals surface area (Å²) in [6.45, 7) is 3.31. The van der Waals surface area contributed by atoms with Crippen molar-refractivity contribution in [2.75, 3.05) is 6.61 Å². The van der Waals surface area contributed by atoms with E-state index >= 15 is 0 Å². The lowest BCUT2D eigenvalue weighted by atomic mass is 9.94. The van der Waals surface area contributed by atoms with Crippen LogP contribution in [0.5, 0.6) is 5.75 Å². The smallest absolute Gasteiger partial charge is 0.460 e. The molecule has 0 saturated carbocycles. The van der Waals surface area contributed by atoms with Crippen molar-refractivity contribution in [2.45, 2.75) is 30.0 Å². The summed E-state index contributed by atoms with van der Waals surface area (Å²) in [6, 6.07) is 3.11. The lowest BCUT2D eigenvalue weighted by Gasteiger charge is -2.35. The van der Waals surface area contributed by atoms with Gasteiger partial charge in [-0.15, -0.1) is 0 Å². The topological polar surface area (TPSA) is 29.5 Å². The zero-order valence-electron chi connectivity index (χ0n) is 12.1. The van der Waals surface area contributed by atoms with E-state index in [1.807, 2.05) is 0 Å². The third kappa shape index (κ3) is 3.70. The van der Waals surface area contributed by atoms with Crippen molar-refractivity contribution >= 4 is 0 Å². The maximum atomic E-state index is 13.6. The Balaban J connectivity index is 3.17. The highest BCUT2D eigenvalue weighted by molar-refractivity contribution is 5.30. The number of rotatable bonds is 7. The molecule has 1 N–H and O–H groups in total. The molecule has 0 aromatic heterocycles. The van der Waals surface area contributed by atoms with Crippen LogP contribution in [-0.2, 0) is 0 Å². The largest absolute Gasteiger partial charge is 0.490 e. The number of hydrogen-bond acceptors (Lipinski definition) is 2. The highest BCUT2D eigenvalue weighted by Gasteiger charge is 2.83. The summed E-state index contributed by atoms with van der Waals surface area (Å²) in [6.07, 6.45) is -9.25. The van der Waals surface area contributed by atoms with Crippen LogP contribution in [0.15, 0.2) is 36.9 Å². The van der Waals surface area contributed by atoms with Gasteiger partial charge in [-0.1, -0.05) is 24.8 Å². The first-order valence-corrected chi connectivity index (χ1v) is 6.42. The first-order chi connectivity index (χ1) is 11.2. The van der Waals surface area contributed by atoms with E-state index in [2.05, 4.69) is 6.58 Å². The molecule has 1 aromatic carbocycles. The summed E-state index contributed by atoms with van der Waals surface area (Å²) in [5.41, 5.74) is -1.01. The minimum absolute atomic E-state index is 0.00602. The minimum atomic E-state index is -7.06. The zero-order chi connectivity index (χ0) is 19.7. The Hall–Kier alpha value is -1.91. The first-order valence-electron chi connectivity index (χ1n) is 6.42. The molecule has 142 valence electrons. The fourth-order valence-corrected chi connectivity index (χ4v) is 1.67. The summed E-state index contributed by atoms with van der Waals surface area (Å²) in [5, 5.41) is 9.29. The van der Waals surface area contributed by atoms with Crippen molar-refractivity contribution in [3.8, 4) is 5.75 Å². The van der Waals surface area contributed by atoms with Crippen LogP contribution in [0.4, 0.5) is 39.5 Å². The number of hydrogen-bond donors (Lipinski definition) is 1. The molecule has 11 heteroatoms. The van der Waals surface area contributed by atoms with Crippen molar-refractivity contribution < 1.29 is 49.4 Å². The second kappa shape index (κ2) is 6.77. The molecule has 0 saturated heterocycles. The molecule has 0 radical (unpaired) electrons. The van der Waals surface area contributed by atoms with Gasteiger partial charge >= 0.3 is 23.9 Å². The highest BCUT2D eigenvalue weighted by atomic mass is 19.4. The van der Waals surface area contributed by atoms with Gasteiger partial charge in [0.1, 0.15) is 18.5 Å². The molecule has 0 heterocycles. The predicted octanol–water partition coefficient (Wildman–Crippen LogP) is 4.75. The molecule has 1 unspecified atom stereocenters. The standard InChI is InChI=1S/C14H11F9O2/c1-2-7-25-9-5-3-8(4-6-9)10(24)11(15,16)12(17,18)13(19,20)14(21,22)23/h2-6,10,24H,1,7H2. The number of ether oxygens (including phenoxy) is 1. The summed E-state index contributed by atoms with van der Waals surface area (Å²) >= 11 is 0. The Labute approximate surface area is 135 Å². The molecule has 1 aromatic rings. The molecule has 0 spiro atoms. The Morgan fingerprint density at radius 1 is 0.920 bits per heavy atom. The molecule has 0 aliphatic carbocycles. The van der Waals surface area contributed by atoms with Gasteiger partial charge in [-0.3, -0.25) is 0 Å². The summed E-state index contributed by atoms with van der Waals surface area (Å²) in [7, 11) is 0. The molecule has 0 aliphatic rings. The van der Waals surface area contributed by atoms with Crippen LogP contribution < -0.4 is 4.74 Å². The average molecular weight is 382 g/mol. The maximum Gasteiger partial charge on any atom is 0.460 e. The molecular weight excluding hydrogens is 371 g/mol. The first kappa shape index (κ1) is 21.1. The van der Waals surface area contributed by atoms with Gasteiger partial charge in [0, 0.05) is 0 Å². The van der Waals surface area contributed by atoms with Gasteiger partial charge in [-0.05, 0) is 17.7 Å². The van der Waals surface area contributed by atoms with Crippen LogP contribution in [0.25, 0.3) is 0 Å². The fourth-order valence-electron chi connectivity index (χ4n) is 1.67. The van der Waals surface area contributed by atoms with Crippen LogP contribution >= 0.6 is 0 Å². The maximum absolute atomic E-state index is 13.6. The third-order valence-corrected chi connectivity index (χ3v) is 3.08. The van der Waals surface area contributed by atoms with Gasteiger partial charge in [0.25, 0.3) is 0 Å². The van der Waals surface area contributed by atoms with Crippen LogP contribution in [-0.4, -0.2) is 35.7 Å². The molecule has 2 nitrogen and oxygen atoms in total. The Kier molecular flexibility index (Phi) is 5.72. The molecular formula is C14H11F9O2. The normalized spacial score (nSPS) is 15.0. The van der Waals surface area contributed by atoms with Gasteiger partial charge in [-0.2, -0.15) is 39.5 Å². The van der Waals surface area contributed by atoms with E-state index in [-0.39, 0.29) is 12.4 Å².